The van der Waals surface area contributed by atoms with Crippen LogP contribution in [-0.4, -0.2) is 35.8 Å². The van der Waals surface area contributed by atoms with Crippen LogP contribution >= 0.6 is 0 Å². The summed E-state index contributed by atoms with van der Waals surface area (Å²) in [6, 6.07) is 13.0. The van der Waals surface area contributed by atoms with Crippen molar-refractivity contribution >= 4 is 0 Å². The first-order chi connectivity index (χ1) is 10.8. The smallest absolute Gasteiger partial charge is 0.0594 e. The van der Waals surface area contributed by atoms with Gasteiger partial charge in [-0.15, -0.1) is 0 Å². The highest BCUT2D eigenvalue weighted by Crippen LogP contribution is 2.13. The van der Waals surface area contributed by atoms with Crippen LogP contribution in [0.5, 0.6) is 0 Å². The van der Waals surface area contributed by atoms with Crippen molar-refractivity contribution in [2.45, 2.75) is 19.6 Å². The lowest BCUT2D eigenvalue weighted by Crippen LogP contribution is -2.36. The Morgan fingerprint density at radius 2 is 1.77 bits per heavy atom. The number of hydrogen-bond donors (Lipinski definition) is 1. The fraction of sp³-hybridized carbons (Fsp3) is 0.444. The second-order valence-electron chi connectivity index (χ2n) is 5.87. The summed E-state index contributed by atoms with van der Waals surface area (Å²) in [7, 11) is 2.09. The van der Waals surface area contributed by atoms with Gasteiger partial charge in [0, 0.05) is 51.7 Å². The zero-order valence-corrected chi connectivity index (χ0v) is 13.3. The molecule has 118 valence electrons. The highest BCUT2D eigenvalue weighted by molar-refractivity contribution is 5.27. The van der Waals surface area contributed by atoms with Gasteiger partial charge in [0.15, 0.2) is 0 Å². The third-order valence-electron chi connectivity index (χ3n) is 4.29. The fourth-order valence-corrected chi connectivity index (χ4v) is 2.89. The van der Waals surface area contributed by atoms with E-state index in [9.17, 15) is 0 Å². The minimum Gasteiger partial charge on any atom is -0.379 e. The van der Waals surface area contributed by atoms with Crippen LogP contribution in [-0.2, 0) is 31.4 Å². The van der Waals surface area contributed by atoms with Crippen molar-refractivity contribution in [3.8, 4) is 0 Å². The maximum Gasteiger partial charge on any atom is 0.0594 e. The molecule has 3 rings (SSSR count). The molecule has 0 amide bonds. The van der Waals surface area contributed by atoms with Gasteiger partial charge in [0.25, 0.3) is 0 Å². The average Bonchev–Trinajstić information content (AvgIpc) is 2.95. The molecule has 0 spiro atoms. The number of benzene rings is 1. The van der Waals surface area contributed by atoms with Crippen LogP contribution in [0, 0.1) is 0 Å². The van der Waals surface area contributed by atoms with Crippen molar-refractivity contribution in [3.63, 3.8) is 0 Å². The summed E-state index contributed by atoms with van der Waals surface area (Å²) in [5, 5.41) is 3.56. The molecule has 0 bridgehead atoms. The van der Waals surface area contributed by atoms with E-state index in [1.165, 1.54) is 16.8 Å². The molecule has 0 saturated carbocycles. The third-order valence-corrected chi connectivity index (χ3v) is 4.29. The Balaban J connectivity index is 1.57. The minimum atomic E-state index is 0.855. The van der Waals surface area contributed by atoms with Gasteiger partial charge in [0.2, 0.25) is 0 Å². The number of nitrogens with zero attached hydrogens (tertiary/aromatic N) is 2. The zero-order chi connectivity index (χ0) is 15.2. The van der Waals surface area contributed by atoms with E-state index in [0.717, 1.165) is 45.9 Å². The average molecular weight is 299 g/mol. The number of aryl methyl sites for hydroxylation is 1. The van der Waals surface area contributed by atoms with Gasteiger partial charge in [0.05, 0.1) is 13.2 Å². The Morgan fingerprint density at radius 3 is 2.50 bits per heavy atom. The van der Waals surface area contributed by atoms with E-state index in [-0.39, 0.29) is 0 Å². The molecule has 4 nitrogen and oxygen atoms in total. The molecule has 1 saturated heterocycles. The zero-order valence-electron chi connectivity index (χ0n) is 13.3. The van der Waals surface area contributed by atoms with Gasteiger partial charge < -0.3 is 14.6 Å². The molecule has 0 aliphatic carbocycles. The number of rotatable bonds is 6. The Morgan fingerprint density at radius 1 is 1.00 bits per heavy atom. The van der Waals surface area contributed by atoms with Crippen LogP contribution in [0.3, 0.4) is 0 Å². The fourth-order valence-electron chi connectivity index (χ4n) is 2.89. The molecular weight excluding hydrogens is 274 g/mol. The number of hydrogen-bond acceptors (Lipinski definition) is 3. The number of nitrogens with one attached hydrogen (secondary N) is 1. The SMILES string of the molecule is Cn1cccc1CNCc1ccccc1CN1CCOCC1. The van der Waals surface area contributed by atoms with Crippen LogP contribution in [0.15, 0.2) is 42.6 Å². The summed E-state index contributed by atoms with van der Waals surface area (Å²) in [6.07, 6.45) is 2.09. The number of morpholine rings is 1. The summed E-state index contributed by atoms with van der Waals surface area (Å²) >= 11 is 0. The highest BCUT2D eigenvalue weighted by atomic mass is 16.5. The van der Waals surface area contributed by atoms with Crippen LogP contribution in [0.1, 0.15) is 16.8 Å². The van der Waals surface area contributed by atoms with E-state index in [1.54, 1.807) is 0 Å². The van der Waals surface area contributed by atoms with Gasteiger partial charge in [-0.05, 0) is 23.3 Å². The number of ether oxygens (including phenoxy) is 1. The molecule has 1 aromatic heterocycles. The minimum absolute atomic E-state index is 0.855. The van der Waals surface area contributed by atoms with E-state index < -0.39 is 0 Å². The van der Waals surface area contributed by atoms with Crippen molar-refractivity contribution in [3.05, 3.63) is 59.4 Å². The van der Waals surface area contributed by atoms with Crippen molar-refractivity contribution in [1.29, 1.82) is 0 Å². The molecule has 2 heterocycles. The van der Waals surface area contributed by atoms with Crippen LogP contribution in [0.2, 0.25) is 0 Å². The van der Waals surface area contributed by atoms with Gasteiger partial charge in [-0.25, -0.2) is 0 Å². The topological polar surface area (TPSA) is 29.4 Å². The summed E-state index contributed by atoms with van der Waals surface area (Å²) < 4.78 is 7.59. The maximum absolute atomic E-state index is 5.43. The molecule has 0 atom stereocenters. The Hall–Kier alpha value is -1.62. The van der Waals surface area contributed by atoms with E-state index in [1.807, 2.05) is 0 Å². The first-order valence-corrected chi connectivity index (χ1v) is 8.01. The van der Waals surface area contributed by atoms with Gasteiger partial charge in [-0.2, -0.15) is 0 Å². The lowest BCUT2D eigenvalue weighted by atomic mass is 10.1. The molecule has 1 aromatic carbocycles. The molecular formula is C18H25N3O. The van der Waals surface area contributed by atoms with Crippen LogP contribution in [0.25, 0.3) is 0 Å². The van der Waals surface area contributed by atoms with E-state index in [2.05, 4.69) is 64.4 Å². The lowest BCUT2D eigenvalue weighted by Gasteiger charge is -2.27. The summed E-state index contributed by atoms with van der Waals surface area (Å²) in [4.78, 5) is 2.47. The second kappa shape index (κ2) is 7.58. The van der Waals surface area contributed by atoms with Crippen LogP contribution in [0.4, 0.5) is 0 Å². The van der Waals surface area contributed by atoms with Crippen molar-refractivity contribution in [2.75, 3.05) is 26.3 Å². The third kappa shape index (κ3) is 3.97. The standard InChI is InChI=1S/C18H25N3O/c1-20-8-4-7-18(20)14-19-13-16-5-2-3-6-17(16)15-21-9-11-22-12-10-21/h2-8,19H,9-15H2,1H3. The summed E-state index contributed by atoms with van der Waals surface area (Å²) in [5.41, 5.74) is 4.12. The molecule has 1 aliphatic rings. The maximum atomic E-state index is 5.43. The van der Waals surface area contributed by atoms with Gasteiger partial charge >= 0.3 is 0 Å². The van der Waals surface area contributed by atoms with E-state index >= 15 is 0 Å². The van der Waals surface area contributed by atoms with E-state index in [0.29, 0.717) is 0 Å². The predicted octanol–water partition coefficient (Wildman–Crippen LogP) is 2.15. The van der Waals surface area contributed by atoms with Gasteiger partial charge in [0.1, 0.15) is 0 Å². The van der Waals surface area contributed by atoms with E-state index in [4.69, 9.17) is 4.74 Å². The monoisotopic (exact) mass is 299 g/mol. The highest BCUT2D eigenvalue weighted by Gasteiger charge is 2.12. The normalized spacial score (nSPS) is 16.0. The molecule has 1 fully saturated rings. The molecule has 2 aromatic rings. The molecule has 22 heavy (non-hydrogen) atoms. The first kappa shape index (κ1) is 15.3. The Labute approximate surface area is 132 Å². The number of aromatic nitrogens is 1. The van der Waals surface area contributed by atoms with Crippen molar-refractivity contribution < 1.29 is 4.74 Å². The Kier molecular flexibility index (Phi) is 5.27. The molecule has 4 heteroatoms. The predicted molar refractivity (Wildman–Crippen MR) is 88.5 cm³/mol. The van der Waals surface area contributed by atoms with Gasteiger partial charge in [-0.1, -0.05) is 24.3 Å². The summed E-state index contributed by atoms with van der Waals surface area (Å²) in [6.45, 7) is 6.60. The lowest BCUT2D eigenvalue weighted by molar-refractivity contribution is 0.0340. The van der Waals surface area contributed by atoms with Crippen LogP contribution < -0.4 is 5.32 Å². The van der Waals surface area contributed by atoms with Gasteiger partial charge in [-0.3, -0.25) is 4.90 Å². The van der Waals surface area contributed by atoms with Crippen molar-refractivity contribution in [1.82, 2.24) is 14.8 Å². The molecule has 0 unspecified atom stereocenters. The quantitative estimate of drug-likeness (QED) is 0.886. The first-order valence-electron chi connectivity index (χ1n) is 8.01. The molecule has 0 radical (unpaired) electrons. The van der Waals surface area contributed by atoms with Crippen molar-refractivity contribution in [2.24, 2.45) is 7.05 Å². The second-order valence-corrected chi connectivity index (χ2v) is 5.87. The molecule has 1 N–H and O–H groups in total. The largest absolute Gasteiger partial charge is 0.379 e. The Bertz CT molecular complexity index is 588. The summed E-state index contributed by atoms with van der Waals surface area (Å²) in [5.74, 6) is 0. The molecule has 1 aliphatic heterocycles.